The monoisotopic (exact) mass is 431 g/mol. The summed E-state index contributed by atoms with van der Waals surface area (Å²) in [6.07, 6.45) is 0. The van der Waals surface area contributed by atoms with E-state index in [4.69, 9.17) is 26.4 Å². The number of fused-ring (bicyclic) bond motifs is 1. The van der Waals surface area contributed by atoms with Crippen LogP contribution in [-0.4, -0.2) is 36.8 Å². The second-order valence-corrected chi connectivity index (χ2v) is 7.81. The van der Waals surface area contributed by atoms with E-state index in [1.165, 1.54) is 7.11 Å². The van der Waals surface area contributed by atoms with Crippen molar-refractivity contribution in [1.82, 2.24) is 9.97 Å². The maximum absolute atomic E-state index is 13.0. The van der Waals surface area contributed by atoms with Crippen LogP contribution < -0.4 is 20.3 Å². The van der Waals surface area contributed by atoms with Gasteiger partial charge in [0, 0.05) is 5.70 Å². The van der Waals surface area contributed by atoms with Crippen molar-refractivity contribution in [3.8, 4) is 11.5 Å². The van der Waals surface area contributed by atoms with E-state index < -0.39 is 11.9 Å². The van der Waals surface area contributed by atoms with E-state index in [0.717, 1.165) is 0 Å². The summed E-state index contributed by atoms with van der Waals surface area (Å²) < 4.78 is 16.4. The zero-order valence-corrected chi connectivity index (χ0v) is 18.4. The number of anilines is 1. The van der Waals surface area contributed by atoms with Gasteiger partial charge in [0.05, 0.1) is 37.9 Å². The largest absolute Gasteiger partial charge is 0.493 e. The van der Waals surface area contributed by atoms with Crippen molar-refractivity contribution in [1.29, 1.82) is 0 Å². The Morgan fingerprint density at radius 1 is 1.17 bits per heavy atom. The highest BCUT2D eigenvalue weighted by Crippen LogP contribution is 2.42. The van der Waals surface area contributed by atoms with Gasteiger partial charge in [0.2, 0.25) is 0 Å². The summed E-state index contributed by atoms with van der Waals surface area (Å²) in [5, 5.41) is 3.09. The number of hydrogen-bond acceptors (Lipinski definition) is 7. The lowest BCUT2D eigenvalue weighted by Gasteiger charge is -2.29. The number of benzene rings is 1. The van der Waals surface area contributed by atoms with E-state index in [1.807, 2.05) is 13.8 Å². The van der Waals surface area contributed by atoms with Crippen molar-refractivity contribution in [2.45, 2.75) is 26.7 Å². The zero-order chi connectivity index (χ0) is 22.0. The van der Waals surface area contributed by atoms with Crippen molar-refractivity contribution in [2.24, 2.45) is 5.92 Å². The lowest BCUT2D eigenvalue weighted by molar-refractivity contribution is -0.140. The Bertz CT molecular complexity index is 1120. The molecule has 1 aliphatic rings. The molecule has 0 aliphatic carbocycles. The van der Waals surface area contributed by atoms with E-state index in [-0.39, 0.29) is 22.9 Å². The molecule has 8 nitrogen and oxygen atoms in total. The summed E-state index contributed by atoms with van der Waals surface area (Å²) in [5.74, 6) is 0.487. The number of allylic oxidation sites excluding steroid dienone is 1. The molecule has 0 fully saturated rings. The van der Waals surface area contributed by atoms with Crippen LogP contribution in [0.5, 0.6) is 11.5 Å². The molecule has 0 spiro atoms. The van der Waals surface area contributed by atoms with Crippen molar-refractivity contribution in [2.75, 3.05) is 26.1 Å². The second kappa shape index (κ2) is 8.74. The van der Waals surface area contributed by atoms with Gasteiger partial charge in [-0.25, -0.2) is 4.79 Å². The van der Waals surface area contributed by atoms with Crippen LogP contribution in [0.25, 0.3) is 0 Å². The number of esters is 1. The van der Waals surface area contributed by atoms with Crippen LogP contribution in [0.2, 0.25) is 0 Å². The van der Waals surface area contributed by atoms with Crippen LogP contribution in [0.15, 0.2) is 34.3 Å². The van der Waals surface area contributed by atoms with Crippen molar-refractivity contribution in [3.05, 3.63) is 55.7 Å². The Balaban J connectivity index is 2.22. The molecule has 160 valence electrons. The van der Waals surface area contributed by atoms with Gasteiger partial charge in [-0.05, 0) is 42.8 Å². The highest BCUT2D eigenvalue weighted by Gasteiger charge is 2.36. The first-order chi connectivity index (χ1) is 14.3. The Labute approximate surface area is 179 Å². The number of aromatic nitrogens is 2. The van der Waals surface area contributed by atoms with Gasteiger partial charge in [0.15, 0.2) is 16.3 Å². The number of nitrogens with one attached hydrogen (secondary N) is 3. The van der Waals surface area contributed by atoms with Gasteiger partial charge in [0.25, 0.3) is 5.56 Å². The molecule has 3 N–H and O–H groups in total. The molecule has 2 heterocycles. The Hall–Kier alpha value is -3.07. The molecule has 1 unspecified atom stereocenters. The number of hydrogen-bond donors (Lipinski definition) is 3. The van der Waals surface area contributed by atoms with E-state index in [9.17, 15) is 9.59 Å². The molecule has 0 amide bonds. The number of ether oxygens (including phenoxy) is 3. The van der Waals surface area contributed by atoms with Crippen LogP contribution in [0.3, 0.4) is 0 Å². The maximum Gasteiger partial charge on any atom is 0.336 e. The average Bonchev–Trinajstić information content (AvgIpc) is 2.70. The third-order valence-electron chi connectivity index (χ3n) is 4.78. The van der Waals surface area contributed by atoms with Gasteiger partial charge >= 0.3 is 5.97 Å². The van der Waals surface area contributed by atoms with E-state index >= 15 is 0 Å². The Kier molecular flexibility index (Phi) is 6.31. The minimum Gasteiger partial charge on any atom is -0.493 e. The topological polar surface area (TPSA) is 105 Å². The highest BCUT2D eigenvalue weighted by atomic mass is 32.1. The number of carbonyl (C=O) groups excluding carboxylic acids is 1. The van der Waals surface area contributed by atoms with Crippen molar-refractivity contribution >= 4 is 24.0 Å². The third kappa shape index (κ3) is 4.11. The van der Waals surface area contributed by atoms with Gasteiger partial charge in [-0.15, -0.1) is 0 Å². The molecule has 30 heavy (non-hydrogen) atoms. The number of carbonyl (C=O) groups is 1. The lowest BCUT2D eigenvalue weighted by atomic mass is 9.82. The van der Waals surface area contributed by atoms with Crippen LogP contribution >= 0.6 is 12.2 Å². The van der Waals surface area contributed by atoms with Crippen LogP contribution in [0.4, 0.5) is 5.82 Å². The minimum atomic E-state index is -0.684. The molecule has 0 bridgehead atoms. The number of rotatable bonds is 6. The highest BCUT2D eigenvalue weighted by molar-refractivity contribution is 7.71. The van der Waals surface area contributed by atoms with Gasteiger partial charge < -0.3 is 24.5 Å². The normalized spacial score (nSPS) is 15.5. The molecule has 0 saturated heterocycles. The first-order valence-corrected chi connectivity index (χ1v) is 9.91. The molecule has 1 atom stereocenters. The Morgan fingerprint density at radius 3 is 2.50 bits per heavy atom. The van der Waals surface area contributed by atoms with Gasteiger partial charge in [-0.1, -0.05) is 19.9 Å². The van der Waals surface area contributed by atoms with E-state index in [2.05, 4.69) is 15.3 Å². The number of methoxy groups -OCH3 is 2. The summed E-state index contributed by atoms with van der Waals surface area (Å²) in [5.41, 5.74) is 1.57. The molecule has 0 radical (unpaired) electrons. The predicted molar refractivity (Wildman–Crippen MR) is 116 cm³/mol. The summed E-state index contributed by atoms with van der Waals surface area (Å²) in [7, 11) is 3.07. The quantitative estimate of drug-likeness (QED) is 0.475. The lowest BCUT2D eigenvalue weighted by Crippen LogP contribution is -2.31. The van der Waals surface area contributed by atoms with Crippen molar-refractivity contribution < 1.29 is 19.0 Å². The standard InChI is InChI=1S/C21H25N3O5S/c1-10(2)9-29-20(26)15-11(3)22-18-17(19(25)24-21(30)23-18)16(15)12-6-7-13(27-4)14(8-12)28-5/h6-8,10,16H,9H2,1-5H3,(H3,22,23,24,25,30). The molecular weight excluding hydrogens is 406 g/mol. The molecule has 1 aromatic carbocycles. The fraction of sp³-hybridized carbons (Fsp3) is 0.381. The maximum atomic E-state index is 13.0. The molecule has 1 aromatic heterocycles. The van der Waals surface area contributed by atoms with E-state index in [1.54, 1.807) is 32.2 Å². The first-order valence-electron chi connectivity index (χ1n) is 9.50. The molecule has 9 heteroatoms. The minimum absolute atomic E-state index is 0.178. The third-order valence-corrected chi connectivity index (χ3v) is 4.99. The molecule has 2 aromatic rings. The van der Waals surface area contributed by atoms with Crippen LogP contribution in [0, 0.1) is 10.7 Å². The van der Waals surface area contributed by atoms with Gasteiger partial charge in [-0.2, -0.15) is 0 Å². The SMILES string of the molecule is COc1ccc(C2C(C(=O)OCC(C)C)=C(C)Nc3[nH]c(=S)[nH]c(=O)c32)cc1OC. The molecule has 1 aliphatic heterocycles. The number of aromatic amines is 2. The second-order valence-electron chi connectivity index (χ2n) is 7.40. The fourth-order valence-electron chi connectivity index (χ4n) is 3.44. The van der Waals surface area contributed by atoms with Gasteiger partial charge in [0.1, 0.15) is 5.82 Å². The summed E-state index contributed by atoms with van der Waals surface area (Å²) in [4.78, 5) is 31.5. The van der Waals surface area contributed by atoms with Crippen LogP contribution in [0.1, 0.15) is 37.8 Å². The fourth-order valence-corrected chi connectivity index (χ4v) is 3.64. The smallest absolute Gasteiger partial charge is 0.336 e. The summed E-state index contributed by atoms with van der Waals surface area (Å²) in [6, 6.07) is 5.29. The Morgan fingerprint density at radius 2 is 1.87 bits per heavy atom. The zero-order valence-electron chi connectivity index (χ0n) is 17.5. The molecule has 0 saturated carbocycles. The van der Waals surface area contributed by atoms with Crippen molar-refractivity contribution in [3.63, 3.8) is 0 Å². The van der Waals surface area contributed by atoms with Gasteiger partial charge in [-0.3, -0.25) is 9.78 Å². The number of H-pyrrole nitrogens is 2. The first kappa shape index (κ1) is 21.6. The summed E-state index contributed by atoms with van der Waals surface area (Å²) in [6.45, 7) is 5.95. The predicted octanol–water partition coefficient (Wildman–Crippen LogP) is 3.48. The van der Waals surface area contributed by atoms with Crippen LogP contribution in [-0.2, 0) is 9.53 Å². The molecule has 3 rings (SSSR count). The molecular formula is C21H25N3O5S. The summed E-state index contributed by atoms with van der Waals surface area (Å²) >= 11 is 5.11. The van der Waals surface area contributed by atoms with E-state index in [0.29, 0.717) is 39.7 Å². The average molecular weight is 432 g/mol.